The van der Waals surface area contributed by atoms with Crippen molar-refractivity contribution in [2.75, 3.05) is 0 Å². The highest BCUT2D eigenvalue weighted by Gasteiger charge is 2.34. The molecule has 2 amide bonds. The normalized spacial score (nSPS) is 12.1. The lowest BCUT2D eigenvalue weighted by Gasteiger charge is -2.39. The number of hydrogen-bond donors (Lipinski definition) is 2. The fourth-order valence-electron chi connectivity index (χ4n) is 3.85. The lowest BCUT2D eigenvalue weighted by Crippen LogP contribution is -2.56. The fourth-order valence-corrected chi connectivity index (χ4v) is 3.85. The Kier molecular flexibility index (Phi) is 7.79. The van der Waals surface area contributed by atoms with E-state index < -0.39 is 5.91 Å². The van der Waals surface area contributed by atoms with Crippen LogP contribution >= 0.6 is 0 Å². The van der Waals surface area contributed by atoms with E-state index in [0.29, 0.717) is 23.7 Å². The van der Waals surface area contributed by atoms with Gasteiger partial charge in [-0.15, -0.1) is 0 Å². The van der Waals surface area contributed by atoms with Crippen molar-refractivity contribution < 1.29 is 19.4 Å². The van der Waals surface area contributed by atoms with Gasteiger partial charge in [-0.05, 0) is 55.4 Å². The van der Waals surface area contributed by atoms with Gasteiger partial charge >= 0.3 is 7.48 Å². The minimum atomic E-state index is -0.493. The molecule has 2 aromatic carbocycles. The number of hydrogen-bond acceptors (Lipinski definition) is 4. The van der Waals surface area contributed by atoms with E-state index >= 15 is 0 Å². The van der Waals surface area contributed by atoms with Crippen LogP contribution in [0.4, 0.5) is 0 Å². The number of carbonyl (C=O) groups excluding carboxylic acids is 3. The molecule has 0 aliphatic carbocycles. The Hall–Kier alpha value is -2.93. The molecule has 0 spiro atoms. The minimum absolute atomic E-state index is 0.237. The molecule has 0 unspecified atom stereocenters. The van der Waals surface area contributed by atoms with Gasteiger partial charge in [-0.1, -0.05) is 51.0 Å². The third-order valence-electron chi connectivity index (χ3n) is 5.31. The molecule has 0 bridgehead atoms. The first-order chi connectivity index (χ1) is 14.5. The van der Waals surface area contributed by atoms with Crippen LogP contribution in [-0.4, -0.2) is 41.7 Å². The second-order valence-electron chi connectivity index (χ2n) is 8.97. The minimum Gasteiger partial charge on any atom is -0.449 e. The Morgan fingerprint density at radius 3 is 2.19 bits per heavy atom. The third kappa shape index (κ3) is 5.82. The zero-order valence-corrected chi connectivity index (χ0v) is 19.2. The smallest absolute Gasteiger partial charge is 0.305 e. The van der Waals surface area contributed by atoms with Gasteiger partial charge in [-0.25, -0.2) is 5.01 Å². The van der Waals surface area contributed by atoms with Gasteiger partial charge in [0, 0.05) is 16.7 Å². The molecule has 0 heterocycles. The molecule has 0 radical (unpaired) electrons. The first kappa shape index (κ1) is 24.3. The molecule has 6 nitrogen and oxygen atoms in total. The number of carbonyl (C=O) groups is 3. The van der Waals surface area contributed by atoms with Crippen molar-refractivity contribution in [1.29, 1.82) is 0 Å². The Bertz CT molecular complexity index is 962. The highest BCUT2D eigenvalue weighted by Crippen LogP contribution is 2.27. The Labute approximate surface area is 184 Å². The standard InChI is InChI=1S/C24H31BN2O4/c1-7-21(24(4,5)6)27(23(30)18-11-15(2)10-16(3)12-18)26-22(29)17-8-9-20(25-31)19(13-17)14-28/h8-14,21,25,31H,7H2,1-6H3,(H,26,29)/t21-/m1/s1. The van der Waals surface area contributed by atoms with Crippen LogP contribution in [0.5, 0.6) is 0 Å². The molecule has 2 aromatic rings. The van der Waals surface area contributed by atoms with Crippen molar-refractivity contribution in [3.05, 3.63) is 64.2 Å². The van der Waals surface area contributed by atoms with Crippen LogP contribution in [0.2, 0.25) is 0 Å². The van der Waals surface area contributed by atoms with Gasteiger partial charge in [0.15, 0.2) is 0 Å². The molecule has 0 aromatic heterocycles. The summed E-state index contributed by atoms with van der Waals surface area (Å²) in [5.74, 6) is -0.780. The van der Waals surface area contributed by atoms with Crippen molar-refractivity contribution in [2.45, 2.75) is 54.0 Å². The third-order valence-corrected chi connectivity index (χ3v) is 5.31. The second-order valence-corrected chi connectivity index (χ2v) is 8.97. The predicted molar refractivity (Wildman–Crippen MR) is 124 cm³/mol. The topological polar surface area (TPSA) is 86.7 Å². The number of nitrogens with one attached hydrogen (secondary N) is 1. The summed E-state index contributed by atoms with van der Waals surface area (Å²) < 4.78 is 0. The molecular weight excluding hydrogens is 391 g/mol. The average Bonchev–Trinajstić information content (AvgIpc) is 2.70. The van der Waals surface area contributed by atoms with Crippen LogP contribution in [0.3, 0.4) is 0 Å². The number of hydrazine groups is 1. The maximum Gasteiger partial charge on any atom is 0.305 e. The lowest BCUT2D eigenvalue weighted by molar-refractivity contribution is 0.0285. The number of rotatable bonds is 6. The van der Waals surface area contributed by atoms with Gasteiger partial charge in [0.25, 0.3) is 11.8 Å². The summed E-state index contributed by atoms with van der Waals surface area (Å²) in [5.41, 5.74) is 5.85. The summed E-state index contributed by atoms with van der Waals surface area (Å²) in [5, 5.41) is 10.8. The van der Waals surface area contributed by atoms with Gasteiger partial charge in [-0.3, -0.25) is 19.8 Å². The van der Waals surface area contributed by atoms with E-state index in [2.05, 4.69) is 5.43 Å². The van der Waals surface area contributed by atoms with Gasteiger partial charge < -0.3 is 5.02 Å². The van der Waals surface area contributed by atoms with E-state index in [1.165, 1.54) is 23.2 Å². The summed E-state index contributed by atoms with van der Waals surface area (Å²) >= 11 is 0. The number of aldehydes is 1. The van der Waals surface area contributed by atoms with E-state index in [0.717, 1.165) is 11.1 Å². The van der Waals surface area contributed by atoms with Crippen molar-refractivity contribution >= 4 is 31.0 Å². The average molecular weight is 422 g/mol. The maximum atomic E-state index is 13.5. The summed E-state index contributed by atoms with van der Waals surface area (Å²) in [7, 11) is -0.296. The summed E-state index contributed by atoms with van der Waals surface area (Å²) in [6.45, 7) is 11.9. The van der Waals surface area contributed by atoms with Crippen LogP contribution in [0, 0.1) is 19.3 Å². The molecule has 0 aliphatic heterocycles. The van der Waals surface area contributed by atoms with Crippen LogP contribution in [-0.2, 0) is 0 Å². The van der Waals surface area contributed by atoms with E-state index in [1.807, 2.05) is 59.7 Å². The van der Waals surface area contributed by atoms with Crippen molar-refractivity contribution in [2.24, 2.45) is 5.41 Å². The van der Waals surface area contributed by atoms with Crippen LogP contribution in [0.1, 0.15) is 76.3 Å². The fraction of sp³-hybridized carbons (Fsp3) is 0.375. The first-order valence-electron chi connectivity index (χ1n) is 10.4. The lowest BCUT2D eigenvalue weighted by atomic mass is 9.84. The molecule has 2 N–H and O–H groups in total. The van der Waals surface area contributed by atoms with Gasteiger partial charge in [0.05, 0.1) is 6.04 Å². The highest BCUT2D eigenvalue weighted by atomic mass is 16.2. The van der Waals surface area contributed by atoms with E-state index in [-0.39, 0.29) is 36.0 Å². The summed E-state index contributed by atoms with van der Waals surface area (Å²) in [6.07, 6.45) is 1.24. The van der Waals surface area contributed by atoms with Crippen molar-refractivity contribution in [3.63, 3.8) is 0 Å². The second kappa shape index (κ2) is 9.92. The van der Waals surface area contributed by atoms with Gasteiger partial charge in [0.1, 0.15) is 6.29 Å². The molecule has 2 rings (SSSR count). The Morgan fingerprint density at radius 1 is 1.10 bits per heavy atom. The quantitative estimate of drug-likeness (QED) is 0.426. The molecule has 1 atom stereocenters. The molecule has 0 fully saturated rings. The number of amides is 2. The molecular formula is C24H31BN2O4. The maximum absolute atomic E-state index is 13.5. The van der Waals surface area contributed by atoms with Crippen molar-refractivity contribution in [3.8, 4) is 0 Å². The summed E-state index contributed by atoms with van der Waals surface area (Å²) in [6, 6.07) is 9.85. The zero-order valence-electron chi connectivity index (χ0n) is 19.2. The van der Waals surface area contributed by atoms with E-state index in [9.17, 15) is 19.4 Å². The summed E-state index contributed by atoms with van der Waals surface area (Å²) in [4.78, 5) is 37.9. The predicted octanol–water partition coefficient (Wildman–Crippen LogP) is 2.70. The Balaban J connectivity index is 2.47. The van der Waals surface area contributed by atoms with Crippen molar-refractivity contribution in [1.82, 2.24) is 10.4 Å². The van der Waals surface area contributed by atoms with Crippen LogP contribution < -0.4 is 10.9 Å². The SMILES string of the molecule is CC[C@@H](N(NC(=O)c1ccc(BO)c(C=O)c1)C(=O)c1cc(C)cc(C)c1)C(C)(C)C. The zero-order chi connectivity index (χ0) is 23.3. The Morgan fingerprint density at radius 2 is 1.71 bits per heavy atom. The molecule has 0 aliphatic rings. The molecule has 0 saturated heterocycles. The molecule has 0 saturated carbocycles. The molecule has 31 heavy (non-hydrogen) atoms. The van der Waals surface area contributed by atoms with E-state index in [1.54, 1.807) is 0 Å². The number of aryl methyl sites for hydroxylation is 2. The monoisotopic (exact) mass is 422 g/mol. The molecule has 7 heteroatoms. The largest absolute Gasteiger partial charge is 0.449 e. The van der Waals surface area contributed by atoms with E-state index in [4.69, 9.17) is 0 Å². The van der Waals surface area contributed by atoms with Crippen LogP contribution in [0.25, 0.3) is 0 Å². The van der Waals surface area contributed by atoms with Gasteiger partial charge in [-0.2, -0.15) is 0 Å². The first-order valence-corrected chi connectivity index (χ1v) is 10.4. The number of nitrogens with zero attached hydrogens (tertiary/aromatic N) is 1. The van der Waals surface area contributed by atoms with Gasteiger partial charge in [0.2, 0.25) is 0 Å². The number of benzene rings is 2. The highest BCUT2D eigenvalue weighted by molar-refractivity contribution is 6.47. The molecule has 164 valence electrons. The van der Waals surface area contributed by atoms with Crippen LogP contribution in [0.15, 0.2) is 36.4 Å².